The van der Waals surface area contributed by atoms with Gasteiger partial charge in [-0.05, 0) is 40.4 Å². The van der Waals surface area contributed by atoms with Gasteiger partial charge in [0.25, 0.3) is 0 Å². The number of aromatic nitrogens is 3. The minimum atomic E-state index is 0.156. The van der Waals surface area contributed by atoms with Gasteiger partial charge in [-0.3, -0.25) is 9.48 Å². The Morgan fingerprint density at radius 2 is 2.17 bits per heavy atom. The summed E-state index contributed by atoms with van der Waals surface area (Å²) in [7, 11) is 3.73. The van der Waals surface area contributed by atoms with Crippen LogP contribution in [0.25, 0.3) is 10.9 Å². The number of carbonyl (C=O) groups is 1. The highest BCUT2D eigenvalue weighted by Crippen LogP contribution is 2.20. The molecule has 0 saturated carbocycles. The summed E-state index contributed by atoms with van der Waals surface area (Å²) < 4.78 is 2.73. The Morgan fingerprint density at radius 3 is 2.92 bits per heavy atom. The van der Waals surface area contributed by atoms with Crippen molar-refractivity contribution in [2.75, 3.05) is 7.05 Å². The van der Waals surface area contributed by atoms with Crippen LogP contribution in [0.2, 0.25) is 0 Å². The van der Waals surface area contributed by atoms with E-state index >= 15 is 0 Å². The standard InChI is InChI=1S/C18H21BrN4O/c1-22(12-17-15(19)11-21-23(17)2)18(24)9-5-6-13-10-20-16-8-4-3-7-14(13)16/h3-4,7-8,10-11,20H,5-6,9,12H2,1-2H3. The van der Waals surface area contributed by atoms with E-state index in [1.807, 2.05) is 32.4 Å². The van der Waals surface area contributed by atoms with Crippen molar-refractivity contribution in [1.29, 1.82) is 0 Å². The molecule has 24 heavy (non-hydrogen) atoms. The number of benzene rings is 1. The second-order valence-corrected chi connectivity index (χ2v) is 6.88. The molecule has 0 aliphatic rings. The molecule has 5 nitrogen and oxygen atoms in total. The zero-order chi connectivity index (χ0) is 17.1. The van der Waals surface area contributed by atoms with E-state index in [4.69, 9.17) is 0 Å². The fraction of sp³-hybridized carbons (Fsp3) is 0.333. The maximum absolute atomic E-state index is 12.4. The largest absolute Gasteiger partial charge is 0.361 e. The number of hydrogen-bond donors (Lipinski definition) is 1. The van der Waals surface area contributed by atoms with Gasteiger partial charge in [0.1, 0.15) is 0 Å². The molecular formula is C18H21BrN4O. The lowest BCUT2D eigenvalue weighted by Gasteiger charge is -2.17. The highest BCUT2D eigenvalue weighted by Gasteiger charge is 2.14. The number of aromatic amines is 1. The molecule has 2 heterocycles. The molecule has 126 valence electrons. The third-order valence-corrected chi connectivity index (χ3v) is 5.00. The van der Waals surface area contributed by atoms with Crippen molar-refractivity contribution in [3.05, 3.63) is 52.4 Å². The second kappa shape index (κ2) is 7.21. The maximum Gasteiger partial charge on any atom is 0.222 e. The van der Waals surface area contributed by atoms with Crippen LogP contribution in [0.1, 0.15) is 24.1 Å². The first-order valence-electron chi connectivity index (χ1n) is 8.01. The first kappa shape index (κ1) is 16.8. The third kappa shape index (κ3) is 3.53. The van der Waals surface area contributed by atoms with Crippen LogP contribution in [0, 0.1) is 0 Å². The van der Waals surface area contributed by atoms with Gasteiger partial charge in [-0.25, -0.2) is 0 Å². The van der Waals surface area contributed by atoms with E-state index in [9.17, 15) is 4.79 Å². The molecule has 0 unspecified atom stereocenters. The van der Waals surface area contributed by atoms with Crippen LogP contribution in [0.15, 0.2) is 41.1 Å². The number of nitrogens with one attached hydrogen (secondary N) is 1. The summed E-state index contributed by atoms with van der Waals surface area (Å²) in [5, 5.41) is 5.43. The van der Waals surface area contributed by atoms with Crippen LogP contribution < -0.4 is 0 Å². The number of rotatable bonds is 6. The van der Waals surface area contributed by atoms with Crippen molar-refractivity contribution in [3.8, 4) is 0 Å². The number of amides is 1. The Hall–Kier alpha value is -2.08. The number of para-hydroxylation sites is 1. The van der Waals surface area contributed by atoms with E-state index in [1.54, 1.807) is 15.8 Å². The molecule has 0 radical (unpaired) electrons. The predicted octanol–water partition coefficient (Wildman–Crippen LogP) is 3.65. The molecule has 0 bridgehead atoms. The number of fused-ring (bicyclic) bond motifs is 1. The highest BCUT2D eigenvalue weighted by molar-refractivity contribution is 9.10. The Bertz CT molecular complexity index is 832. The number of hydrogen-bond acceptors (Lipinski definition) is 2. The first-order chi connectivity index (χ1) is 11.6. The topological polar surface area (TPSA) is 53.9 Å². The van der Waals surface area contributed by atoms with Crippen LogP contribution in [0.4, 0.5) is 0 Å². The van der Waals surface area contributed by atoms with E-state index in [-0.39, 0.29) is 5.91 Å². The number of nitrogens with zero attached hydrogens (tertiary/aromatic N) is 3. The second-order valence-electron chi connectivity index (χ2n) is 6.03. The van der Waals surface area contributed by atoms with E-state index in [2.05, 4.69) is 38.1 Å². The first-order valence-corrected chi connectivity index (χ1v) is 8.81. The Morgan fingerprint density at radius 1 is 1.38 bits per heavy atom. The minimum Gasteiger partial charge on any atom is -0.361 e. The highest BCUT2D eigenvalue weighted by atomic mass is 79.9. The molecule has 0 atom stereocenters. The zero-order valence-electron chi connectivity index (χ0n) is 13.9. The maximum atomic E-state index is 12.4. The predicted molar refractivity (Wildman–Crippen MR) is 98.6 cm³/mol. The van der Waals surface area contributed by atoms with Crippen LogP contribution in [0.5, 0.6) is 0 Å². The zero-order valence-corrected chi connectivity index (χ0v) is 15.5. The van der Waals surface area contributed by atoms with Gasteiger partial charge in [0.05, 0.1) is 22.9 Å². The molecule has 0 saturated heterocycles. The molecule has 0 spiro atoms. The fourth-order valence-corrected chi connectivity index (χ4v) is 3.36. The van der Waals surface area contributed by atoms with Crippen LogP contribution in [-0.2, 0) is 24.8 Å². The summed E-state index contributed by atoms with van der Waals surface area (Å²) in [5.41, 5.74) is 3.43. The Balaban J connectivity index is 1.54. The van der Waals surface area contributed by atoms with Gasteiger partial charge >= 0.3 is 0 Å². The van der Waals surface area contributed by atoms with Crippen molar-refractivity contribution >= 4 is 32.7 Å². The fourth-order valence-electron chi connectivity index (χ4n) is 2.89. The molecule has 1 amide bonds. The molecule has 1 N–H and O–H groups in total. The summed E-state index contributed by atoms with van der Waals surface area (Å²) in [4.78, 5) is 17.4. The molecule has 2 aromatic heterocycles. The molecule has 0 fully saturated rings. The summed E-state index contributed by atoms with van der Waals surface area (Å²) in [6.45, 7) is 0.559. The summed E-state index contributed by atoms with van der Waals surface area (Å²) in [5.74, 6) is 0.156. The van der Waals surface area contributed by atoms with Crippen LogP contribution >= 0.6 is 15.9 Å². The third-order valence-electron chi connectivity index (χ3n) is 4.33. The Kier molecular flexibility index (Phi) is 5.04. The molecule has 3 rings (SSSR count). The average molecular weight is 389 g/mol. The summed E-state index contributed by atoms with van der Waals surface area (Å²) in [6, 6.07) is 8.26. The summed E-state index contributed by atoms with van der Waals surface area (Å²) >= 11 is 3.47. The van der Waals surface area contributed by atoms with Gasteiger partial charge in [0.2, 0.25) is 5.91 Å². The summed E-state index contributed by atoms with van der Waals surface area (Å²) in [6.07, 6.45) is 6.10. The van der Waals surface area contributed by atoms with Gasteiger partial charge in [-0.2, -0.15) is 5.10 Å². The molecule has 6 heteroatoms. The van der Waals surface area contributed by atoms with Gasteiger partial charge in [-0.15, -0.1) is 0 Å². The van der Waals surface area contributed by atoms with Crippen molar-refractivity contribution in [2.45, 2.75) is 25.8 Å². The Labute approximate surface area is 149 Å². The smallest absolute Gasteiger partial charge is 0.222 e. The van der Waals surface area contributed by atoms with E-state index < -0.39 is 0 Å². The molecular weight excluding hydrogens is 368 g/mol. The number of aryl methyl sites for hydroxylation is 2. The van der Waals surface area contributed by atoms with Gasteiger partial charge in [-0.1, -0.05) is 18.2 Å². The van der Waals surface area contributed by atoms with Crippen molar-refractivity contribution in [3.63, 3.8) is 0 Å². The van der Waals surface area contributed by atoms with Gasteiger partial charge < -0.3 is 9.88 Å². The van der Waals surface area contributed by atoms with Crippen molar-refractivity contribution < 1.29 is 4.79 Å². The quantitative estimate of drug-likeness (QED) is 0.700. The normalized spacial score (nSPS) is 11.1. The van der Waals surface area contributed by atoms with Gasteiger partial charge in [0.15, 0.2) is 0 Å². The molecule has 3 aromatic rings. The van der Waals surface area contributed by atoms with E-state index in [0.29, 0.717) is 13.0 Å². The lowest BCUT2D eigenvalue weighted by Crippen LogP contribution is -2.27. The number of H-pyrrole nitrogens is 1. The molecule has 1 aromatic carbocycles. The lowest BCUT2D eigenvalue weighted by molar-refractivity contribution is -0.130. The van der Waals surface area contributed by atoms with Crippen LogP contribution in [0.3, 0.4) is 0 Å². The average Bonchev–Trinajstić information content (AvgIpc) is 3.13. The molecule has 0 aliphatic carbocycles. The van der Waals surface area contributed by atoms with Crippen molar-refractivity contribution in [1.82, 2.24) is 19.7 Å². The number of halogens is 1. The van der Waals surface area contributed by atoms with E-state index in [0.717, 1.165) is 28.5 Å². The monoisotopic (exact) mass is 388 g/mol. The molecule has 0 aliphatic heterocycles. The van der Waals surface area contributed by atoms with Crippen LogP contribution in [-0.4, -0.2) is 32.6 Å². The minimum absolute atomic E-state index is 0.156. The number of carbonyl (C=O) groups excluding carboxylic acids is 1. The van der Waals surface area contributed by atoms with Crippen molar-refractivity contribution in [2.24, 2.45) is 7.05 Å². The lowest BCUT2D eigenvalue weighted by atomic mass is 10.1. The van der Waals surface area contributed by atoms with E-state index in [1.165, 1.54) is 10.9 Å². The SMILES string of the molecule is CN(Cc1c(Br)cnn1C)C(=O)CCCc1c[nH]c2ccccc12. The van der Waals surface area contributed by atoms with Gasteiger partial charge in [0, 0.05) is 37.6 Å².